The summed E-state index contributed by atoms with van der Waals surface area (Å²) in [5.74, 6) is 0.635. The lowest BCUT2D eigenvalue weighted by Crippen LogP contribution is -2.04. The number of halogens is 1. The molecule has 0 fully saturated rings. The Bertz CT molecular complexity index is 258. The fourth-order valence-corrected chi connectivity index (χ4v) is 1.36. The van der Waals surface area contributed by atoms with E-state index >= 15 is 0 Å². The maximum atomic E-state index is 5.69. The Balaban J connectivity index is 2.64. The molecule has 0 bridgehead atoms. The van der Waals surface area contributed by atoms with Crippen LogP contribution in [0.2, 0.25) is 0 Å². The number of anilines is 1. The lowest BCUT2D eigenvalue weighted by Gasteiger charge is -2.09. The van der Waals surface area contributed by atoms with E-state index in [4.69, 9.17) is 15.2 Å². The van der Waals surface area contributed by atoms with Crippen LogP contribution in [0, 0.1) is 0 Å². The number of ether oxygens (including phenoxy) is 2. The molecule has 0 unspecified atom stereocenters. The third-order valence-corrected chi connectivity index (χ3v) is 2.11. The Labute approximate surface area is 86.0 Å². The van der Waals surface area contributed by atoms with E-state index in [1.165, 1.54) is 0 Å². The van der Waals surface area contributed by atoms with Crippen LogP contribution in [0.4, 0.5) is 5.69 Å². The van der Waals surface area contributed by atoms with Gasteiger partial charge in [0, 0.05) is 6.61 Å². The zero-order valence-corrected chi connectivity index (χ0v) is 9.00. The summed E-state index contributed by atoms with van der Waals surface area (Å²) in [5.41, 5.74) is 6.30. The molecule has 4 heteroatoms. The third-order valence-electron chi connectivity index (χ3n) is 1.49. The zero-order valence-electron chi connectivity index (χ0n) is 7.42. The second kappa shape index (κ2) is 5.09. The average Bonchev–Trinajstić information content (AvgIpc) is 2.10. The van der Waals surface area contributed by atoms with Crippen LogP contribution >= 0.6 is 15.9 Å². The van der Waals surface area contributed by atoms with E-state index in [9.17, 15) is 0 Å². The molecule has 0 aromatic heterocycles. The molecule has 0 radical (unpaired) electrons. The molecule has 1 rings (SSSR count). The van der Waals surface area contributed by atoms with Gasteiger partial charge in [0.05, 0.1) is 10.2 Å². The summed E-state index contributed by atoms with van der Waals surface area (Å²) in [6.07, 6.45) is 0. The highest BCUT2D eigenvalue weighted by Gasteiger charge is 2.03. The summed E-state index contributed by atoms with van der Waals surface area (Å²) < 4.78 is 11.2. The van der Waals surface area contributed by atoms with Crippen LogP contribution < -0.4 is 10.5 Å². The minimum Gasteiger partial charge on any atom is -0.464 e. The molecule has 1 aromatic carbocycles. The molecular weight excluding hydrogens is 234 g/mol. The Hall–Kier alpha value is -0.740. The number of rotatable bonds is 4. The third kappa shape index (κ3) is 2.90. The summed E-state index contributed by atoms with van der Waals surface area (Å²) in [4.78, 5) is 0. The van der Waals surface area contributed by atoms with Gasteiger partial charge in [-0.15, -0.1) is 0 Å². The molecule has 3 nitrogen and oxygen atoms in total. The molecular formula is C9H12BrNO2. The van der Waals surface area contributed by atoms with Crippen LogP contribution in [0.15, 0.2) is 22.7 Å². The topological polar surface area (TPSA) is 44.5 Å². The van der Waals surface area contributed by atoms with Crippen molar-refractivity contribution in [2.24, 2.45) is 0 Å². The maximum absolute atomic E-state index is 5.69. The number of nitrogens with two attached hydrogens (primary N) is 1. The van der Waals surface area contributed by atoms with Crippen molar-refractivity contribution in [3.05, 3.63) is 22.7 Å². The number of hydrogen-bond donors (Lipinski definition) is 1. The van der Waals surface area contributed by atoms with Gasteiger partial charge in [0.25, 0.3) is 0 Å². The predicted octanol–water partition coefficient (Wildman–Crippen LogP) is 2.40. The first-order valence-electron chi connectivity index (χ1n) is 4.00. The second-order valence-electron chi connectivity index (χ2n) is 2.41. The Morgan fingerprint density at radius 1 is 1.46 bits per heavy atom. The van der Waals surface area contributed by atoms with Gasteiger partial charge < -0.3 is 15.2 Å². The molecule has 0 aliphatic carbocycles. The smallest absolute Gasteiger partial charge is 0.189 e. The predicted molar refractivity (Wildman–Crippen MR) is 55.7 cm³/mol. The van der Waals surface area contributed by atoms with Crippen LogP contribution in [0.1, 0.15) is 6.92 Å². The normalized spacial score (nSPS) is 10.0. The first kappa shape index (κ1) is 10.3. The first-order valence-corrected chi connectivity index (χ1v) is 4.79. The highest BCUT2D eigenvalue weighted by atomic mass is 79.9. The van der Waals surface area contributed by atoms with Crippen molar-refractivity contribution in [2.75, 3.05) is 19.1 Å². The van der Waals surface area contributed by atoms with E-state index in [1.54, 1.807) is 6.07 Å². The summed E-state index contributed by atoms with van der Waals surface area (Å²) in [7, 11) is 0. The van der Waals surface area contributed by atoms with Crippen LogP contribution in [-0.4, -0.2) is 13.4 Å². The SMILES string of the molecule is CCOCOc1c(N)cccc1Br. The van der Waals surface area contributed by atoms with Crippen molar-refractivity contribution in [1.82, 2.24) is 0 Å². The molecule has 1 aromatic rings. The lowest BCUT2D eigenvalue weighted by atomic mass is 10.3. The zero-order chi connectivity index (χ0) is 9.68. The van der Waals surface area contributed by atoms with Crippen molar-refractivity contribution in [3.8, 4) is 5.75 Å². The van der Waals surface area contributed by atoms with E-state index in [0.717, 1.165) is 4.47 Å². The summed E-state index contributed by atoms with van der Waals surface area (Å²) in [6, 6.07) is 5.51. The Morgan fingerprint density at radius 2 is 2.23 bits per heavy atom. The fraction of sp³-hybridized carbons (Fsp3) is 0.333. The Kier molecular flexibility index (Phi) is 4.05. The number of para-hydroxylation sites is 1. The molecule has 0 spiro atoms. The molecule has 0 atom stereocenters. The van der Waals surface area contributed by atoms with E-state index in [2.05, 4.69) is 15.9 Å². The maximum Gasteiger partial charge on any atom is 0.189 e. The van der Waals surface area contributed by atoms with Gasteiger partial charge in [-0.25, -0.2) is 0 Å². The van der Waals surface area contributed by atoms with Gasteiger partial charge >= 0.3 is 0 Å². The van der Waals surface area contributed by atoms with Crippen LogP contribution in [0.25, 0.3) is 0 Å². The van der Waals surface area contributed by atoms with Crippen LogP contribution in [0.3, 0.4) is 0 Å². The molecule has 0 amide bonds. The van der Waals surface area contributed by atoms with Gasteiger partial charge in [-0.1, -0.05) is 6.07 Å². The molecule has 2 N–H and O–H groups in total. The lowest BCUT2D eigenvalue weighted by molar-refractivity contribution is 0.0224. The molecule has 0 saturated heterocycles. The summed E-state index contributed by atoms with van der Waals surface area (Å²) in [6.45, 7) is 2.76. The molecule has 0 aliphatic rings. The monoisotopic (exact) mass is 245 g/mol. The van der Waals surface area contributed by atoms with E-state index in [-0.39, 0.29) is 6.79 Å². The van der Waals surface area contributed by atoms with E-state index in [0.29, 0.717) is 18.0 Å². The van der Waals surface area contributed by atoms with Gasteiger partial charge in [0.15, 0.2) is 12.5 Å². The van der Waals surface area contributed by atoms with Gasteiger partial charge in [0.1, 0.15) is 0 Å². The van der Waals surface area contributed by atoms with Gasteiger partial charge in [-0.3, -0.25) is 0 Å². The fourth-order valence-electron chi connectivity index (χ4n) is 0.862. The van der Waals surface area contributed by atoms with Gasteiger partial charge in [0.2, 0.25) is 0 Å². The largest absolute Gasteiger partial charge is 0.464 e. The van der Waals surface area contributed by atoms with Gasteiger partial charge in [-0.05, 0) is 35.0 Å². The number of nitrogen functional groups attached to an aromatic ring is 1. The van der Waals surface area contributed by atoms with Crippen molar-refractivity contribution in [1.29, 1.82) is 0 Å². The Morgan fingerprint density at radius 3 is 2.85 bits per heavy atom. The second-order valence-corrected chi connectivity index (χ2v) is 3.27. The molecule has 13 heavy (non-hydrogen) atoms. The van der Waals surface area contributed by atoms with Crippen LogP contribution in [-0.2, 0) is 4.74 Å². The highest BCUT2D eigenvalue weighted by molar-refractivity contribution is 9.10. The van der Waals surface area contributed by atoms with Gasteiger partial charge in [-0.2, -0.15) is 0 Å². The van der Waals surface area contributed by atoms with Crippen molar-refractivity contribution >= 4 is 21.6 Å². The standard InChI is InChI=1S/C9H12BrNO2/c1-2-12-6-13-9-7(10)4-3-5-8(9)11/h3-5H,2,6,11H2,1H3. The molecule has 72 valence electrons. The average molecular weight is 246 g/mol. The van der Waals surface area contributed by atoms with Crippen molar-refractivity contribution in [3.63, 3.8) is 0 Å². The highest BCUT2D eigenvalue weighted by Crippen LogP contribution is 2.30. The summed E-state index contributed by atoms with van der Waals surface area (Å²) >= 11 is 3.34. The minimum absolute atomic E-state index is 0.226. The molecule has 0 heterocycles. The molecule has 0 aliphatic heterocycles. The first-order chi connectivity index (χ1) is 6.25. The summed E-state index contributed by atoms with van der Waals surface area (Å²) in [5, 5.41) is 0. The van der Waals surface area contributed by atoms with Crippen molar-refractivity contribution < 1.29 is 9.47 Å². The van der Waals surface area contributed by atoms with Crippen molar-refractivity contribution in [2.45, 2.75) is 6.92 Å². The minimum atomic E-state index is 0.226. The quantitative estimate of drug-likeness (QED) is 0.504. The molecule has 0 saturated carbocycles. The number of hydrogen-bond acceptors (Lipinski definition) is 3. The van der Waals surface area contributed by atoms with E-state index < -0.39 is 0 Å². The van der Waals surface area contributed by atoms with Crippen LogP contribution in [0.5, 0.6) is 5.75 Å². The number of benzene rings is 1. The van der Waals surface area contributed by atoms with E-state index in [1.807, 2.05) is 19.1 Å².